The number of halogens is 3. The van der Waals surface area contributed by atoms with Gasteiger partial charge in [0.25, 0.3) is 0 Å². The van der Waals surface area contributed by atoms with E-state index in [9.17, 15) is 18.3 Å². The molecular formula is C34H47F3N2O2. The third-order valence-corrected chi connectivity index (χ3v) is 8.48. The average Bonchev–Trinajstić information content (AvgIpc) is 2.87. The standard InChI is InChI=1S/C34H47F3N2O2/c1-24-27(8-7-9-31(24)34(35,36)37)21-38-15-12-26-18-25(10-11-28(26)22-38)19-29(20-30(23-40)41-32(2,3)4)39-16-13-33(5,6)14-17-39/h7-11,18,20,30,40H,12-17,19,21-23H2,1-6H3/b29-20-/t30-/m0/s1. The molecule has 1 N–H and O–H groups in total. The van der Waals surface area contributed by atoms with Crippen molar-refractivity contribution in [1.29, 1.82) is 0 Å². The maximum Gasteiger partial charge on any atom is 0.416 e. The van der Waals surface area contributed by atoms with E-state index >= 15 is 0 Å². The molecule has 0 radical (unpaired) electrons. The Bertz CT molecular complexity index is 1220. The number of aliphatic hydroxyl groups excluding tert-OH is 1. The SMILES string of the molecule is Cc1c(CN2CCc3cc(C/C(=C/[C@@H](CO)OC(C)(C)C)N4CCC(C)(C)CC4)ccc3C2)cccc1C(F)(F)F. The van der Waals surface area contributed by atoms with Crippen LogP contribution in [0.15, 0.2) is 48.2 Å². The topological polar surface area (TPSA) is 35.9 Å². The number of likely N-dealkylation sites (tertiary alicyclic amines) is 1. The molecule has 4 rings (SSSR count). The molecule has 0 aliphatic carbocycles. The summed E-state index contributed by atoms with van der Waals surface area (Å²) < 4.78 is 46.4. The molecule has 2 aromatic rings. The number of hydrogen-bond donors (Lipinski definition) is 1. The number of ether oxygens (including phenoxy) is 1. The summed E-state index contributed by atoms with van der Waals surface area (Å²) in [6, 6.07) is 11.1. The monoisotopic (exact) mass is 572 g/mol. The number of allylic oxidation sites excluding steroid dienone is 1. The van der Waals surface area contributed by atoms with E-state index in [0.29, 0.717) is 17.5 Å². The van der Waals surface area contributed by atoms with Crippen LogP contribution in [0.1, 0.15) is 80.8 Å². The zero-order valence-corrected chi connectivity index (χ0v) is 25.6. The van der Waals surface area contributed by atoms with Crippen molar-refractivity contribution in [1.82, 2.24) is 9.80 Å². The van der Waals surface area contributed by atoms with Gasteiger partial charge in [-0.3, -0.25) is 4.90 Å². The Kier molecular flexibility index (Phi) is 9.62. The zero-order chi connectivity index (χ0) is 30.0. The van der Waals surface area contributed by atoms with Crippen molar-refractivity contribution in [3.05, 3.63) is 81.6 Å². The molecule has 41 heavy (non-hydrogen) atoms. The van der Waals surface area contributed by atoms with Gasteiger partial charge in [0, 0.05) is 44.8 Å². The third-order valence-electron chi connectivity index (χ3n) is 8.48. The molecule has 226 valence electrons. The third kappa shape index (κ3) is 8.59. The molecule has 0 bridgehead atoms. The minimum atomic E-state index is -4.33. The van der Waals surface area contributed by atoms with Crippen molar-refractivity contribution >= 4 is 0 Å². The van der Waals surface area contributed by atoms with Gasteiger partial charge in [0.2, 0.25) is 0 Å². The molecule has 0 spiro atoms. The summed E-state index contributed by atoms with van der Waals surface area (Å²) in [7, 11) is 0. The van der Waals surface area contributed by atoms with Gasteiger partial charge in [-0.05, 0) is 92.3 Å². The van der Waals surface area contributed by atoms with Crippen LogP contribution >= 0.6 is 0 Å². The van der Waals surface area contributed by atoms with Crippen molar-refractivity contribution < 1.29 is 23.0 Å². The summed E-state index contributed by atoms with van der Waals surface area (Å²) >= 11 is 0. The number of benzene rings is 2. The van der Waals surface area contributed by atoms with E-state index in [0.717, 1.165) is 63.5 Å². The molecule has 0 amide bonds. The highest BCUT2D eigenvalue weighted by Gasteiger charge is 2.33. The van der Waals surface area contributed by atoms with E-state index in [4.69, 9.17) is 4.74 Å². The van der Waals surface area contributed by atoms with Gasteiger partial charge in [-0.25, -0.2) is 0 Å². The average molecular weight is 573 g/mol. The highest BCUT2D eigenvalue weighted by molar-refractivity contribution is 5.38. The molecule has 7 heteroatoms. The van der Waals surface area contributed by atoms with Crippen LogP contribution in [0.5, 0.6) is 0 Å². The van der Waals surface area contributed by atoms with E-state index in [1.165, 1.54) is 28.5 Å². The van der Waals surface area contributed by atoms with Crippen molar-refractivity contribution in [2.45, 2.75) is 98.2 Å². The van der Waals surface area contributed by atoms with Crippen LogP contribution in [-0.4, -0.2) is 52.9 Å². The predicted octanol–water partition coefficient (Wildman–Crippen LogP) is 7.30. The van der Waals surface area contributed by atoms with E-state index in [2.05, 4.69) is 47.9 Å². The number of hydrogen-bond acceptors (Lipinski definition) is 4. The van der Waals surface area contributed by atoms with Gasteiger partial charge in [-0.1, -0.05) is 44.2 Å². The van der Waals surface area contributed by atoms with E-state index in [1.807, 2.05) is 26.8 Å². The second kappa shape index (κ2) is 12.5. The summed E-state index contributed by atoms with van der Waals surface area (Å²) in [4.78, 5) is 4.69. The second-order valence-corrected chi connectivity index (χ2v) is 13.6. The van der Waals surface area contributed by atoms with Gasteiger partial charge in [0.1, 0.15) is 6.10 Å². The first-order chi connectivity index (χ1) is 19.1. The Morgan fingerprint density at radius 2 is 1.76 bits per heavy atom. The quantitative estimate of drug-likeness (QED) is 0.360. The van der Waals surface area contributed by atoms with Crippen LogP contribution in [0.2, 0.25) is 0 Å². The molecule has 1 fully saturated rings. The molecule has 1 atom stereocenters. The van der Waals surface area contributed by atoms with Crippen LogP contribution in [0.4, 0.5) is 13.2 Å². The number of rotatable bonds is 8. The Hall–Kier alpha value is -2.35. The first kappa shape index (κ1) is 31.6. The number of fused-ring (bicyclic) bond motifs is 1. The van der Waals surface area contributed by atoms with Gasteiger partial charge >= 0.3 is 6.18 Å². The van der Waals surface area contributed by atoms with Crippen LogP contribution in [0.25, 0.3) is 0 Å². The molecule has 2 aliphatic rings. The van der Waals surface area contributed by atoms with Crippen LogP contribution in [0, 0.1) is 12.3 Å². The largest absolute Gasteiger partial charge is 0.416 e. The predicted molar refractivity (Wildman–Crippen MR) is 159 cm³/mol. The normalized spacial score (nSPS) is 19.3. The smallest absolute Gasteiger partial charge is 0.393 e. The van der Waals surface area contributed by atoms with E-state index in [-0.39, 0.29) is 18.3 Å². The number of aliphatic hydroxyl groups is 1. The molecule has 1 saturated heterocycles. The number of alkyl halides is 3. The maximum atomic E-state index is 13.4. The maximum absolute atomic E-state index is 13.4. The fourth-order valence-electron chi connectivity index (χ4n) is 5.99. The first-order valence-electron chi connectivity index (χ1n) is 14.9. The molecule has 0 saturated carbocycles. The molecule has 2 aliphatic heterocycles. The van der Waals surface area contributed by atoms with Crippen LogP contribution in [0.3, 0.4) is 0 Å². The van der Waals surface area contributed by atoms with E-state index < -0.39 is 11.7 Å². The van der Waals surface area contributed by atoms with Crippen LogP contribution in [-0.2, 0) is 36.8 Å². The Morgan fingerprint density at radius 1 is 1.05 bits per heavy atom. The van der Waals surface area contributed by atoms with Gasteiger partial charge in [0.05, 0.1) is 17.8 Å². The van der Waals surface area contributed by atoms with Gasteiger partial charge in [-0.2, -0.15) is 13.2 Å². The molecule has 0 unspecified atom stereocenters. The fraction of sp³-hybridized carbons (Fsp3) is 0.588. The van der Waals surface area contributed by atoms with Crippen LogP contribution < -0.4 is 0 Å². The van der Waals surface area contributed by atoms with Gasteiger partial charge in [0.15, 0.2) is 0 Å². The number of piperidine rings is 1. The lowest BCUT2D eigenvalue weighted by atomic mass is 9.82. The minimum absolute atomic E-state index is 0.0640. The highest BCUT2D eigenvalue weighted by atomic mass is 19.4. The molecule has 4 nitrogen and oxygen atoms in total. The lowest BCUT2D eigenvalue weighted by molar-refractivity contribution is -0.138. The minimum Gasteiger partial charge on any atom is -0.393 e. The lowest BCUT2D eigenvalue weighted by Crippen LogP contribution is -2.38. The highest BCUT2D eigenvalue weighted by Crippen LogP contribution is 2.35. The summed E-state index contributed by atoms with van der Waals surface area (Å²) in [5, 5.41) is 10.1. The second-order valence-electron chi connectivity index (χ2n) is 13.6. The molecule has 2 aromatic carbocycles. The summed E-state index contributed by atoms with van der Waals surface area (Å²) in [6.07, 6.45) is 1.29. The Balaban J connectivity index is 1.50. The molecular weight excluding hydrogens is 525 g/mol. The summed E-state index contributed by atoms with van der Waals surface area (Å²) in [5.74, 6) is 0. The van der Waals surface area contributed by atoms with Gasteiger partial charge in [-0.15, -0.1) is 0 Å². The lowest BCUT2D eigenvalue weighted by Gasteiger charge is -2.40. The van der Waals surface area contributed by atoms with Gasteiger partial charge < -0.3 is 14.7 Å². The first-order valence-corrected chi connectivity index (χ1v) is 14.9. The summed E-state index contributed by atoms with van der Waals surface area (Å²) in [5.41, 5.74) is 5.45. The zero-order valence-electron chi connectivity index (χ0n) is 25.6. The Labute approximate surface area is 244 Å². The molecule has 0 aromatic heterocycles. The molecule has 2 heterocycles. The number of nitrogens with zero attached hydrogens (tertiary/aromatic N) is 2. The van der Waals surface area contributed by atoms with Crippen molar-refractivity contribution in [2.24, 2.45) is 5.41 Å². The summed E-state index contributed by atoms with van der Waals surface area (Å²) in [6.45, 7) is 16.2. The van der Waals surface area contributed by atoms with E-state index in [1.54, 1.807) is 6.92 Å². The van der Waals surface area contributed by atoms with Crippen molar-refractivity contribution in [3.63, 3.8) is 0 Å². The fourth-order valence-corrected chi connectivity index (χ4v) is 5.99. The van der Waals surface area contributed by atoms with Crippen molar-refractivity contribution in [2.75, 3.05) is 26.2 Å². The Morgan fingerprint density at radius 3 is 2.39 bits per heavy atom. The van der Waals surface area contributed by atoms with Crippen molar-refractivity contribution in [3.8, 4) is 0 Å².